The number of aromatic nitrogens is 1. The fourth-order valence-corrected chi connectivity index (χ4v) is 3.47. The third-order valence-corrected chi connectivity index (χ3v) is 5.95. The molecule has 124 valence electrons. The van der Waals surface area contributed by atoms with E-state index < -0.39 is 16.0 Å². The van der Waals surface area contributed by atoms with E-state index >= 15 is 0 Å². The molecule has 1 aromatic heterocycles. The molecule has 0 aliphatic rings. The van der Waals surface area contributed by atoms with Gasteiger partial charge in [0.15, 0.2) is 0 Å². The quantitative estimate of drug-likeness (QED) is 0.744. The number of carbonyl (C=O) groups is 1. The summed E-state index contributed by atoms with van der Waals surface area (Å²) >= 11 is 1.52. The van der Waals surface area contributed by atoms with Crippen molar-refractivity contribution in [3.63, 3.8) is 0 Å². The van der Waals surface area contributed by atoms with Crippen molar-refractivity contribution in [1.82, 2.24) is 9.29 Å². The number of benzene rings is 1. The van der Waals surface area contributed by atoms with Crippen LogP contribution in [0.1, 0.15) is 28.0 Å². The molecule has 0 spiro atoms. The molecule has 2 aromatic rings. The number of ether oxygens (including phenoxy) is 1. The number of hydrogen-bond donors (Lipinski definition) is 0. The van der Waals surface area contributed by atoms with Crippen molar-refractivity contribution in [2.45, 2.75) is 24.8 Å². The Balaban J connectivity index is 2.11. The van der Waals surface area contributed by atoms with Gasteiger partial charge in [-0.1, -0.05) is 13.0 Å². The van der Waals surface area contributed by atoms with Gasteiger partial charge in [0.1, 0.15) is 6.61 Å². The predicted molar refractivity (Wildman–Crippen MR) is 87.9 cm³/mol. The maximum absolute atomic E-state index is 12.1. The summed E-state index contributed by atoms with van der Waals surface area (Å²) in [5.74, 6) is -0.577. The van der Waals surface area contributed by atoms with Crippen LogP contribution in [0.5, 0.6) is 0 Å². The van der Waals surface area contributed by atoms with E-state index in [1.54, 1.807) is 0 Å². The molecule has 8 heteroatoms. The second-order valence-corrected chi connectivity index (χ2v) is 8.07. The minimum absolute atomic E-state index is 0.0545. The summed E-state index contributed by atoms with van der Waals surface area (Å²) in [5.41, 5.74) is 0.885. The first-order valence-corrected chi connectivity index (χ1v) is 9.29. The summed E-state index contributed by atoms with van der Waals surface area (Å²) in [4.78, 5) is 16.5. The Morgan fingerprint density at radius 3 is 2.70 bits per heavy atom. The monoisotopic (exact) mass is 354 g/mol. The molecule has 0 aliphatic carbocycles. The van der Waals surface area contributed by atoms with Crippen molar-refractivity contribution in [3.8, 4) is 0 Å². The normalized spacial score (nSPS) is 11.7. The van der Waals surface area contributed by atoms with Gasteiger partial charge in [-0.05, 0) is 24.6 Å². The number of thiazole rings is 1. The average molecular weight is 354 g/mol. The summed E-state index contributed by atoms with van der Waals surface area (Å²) in [7, 11) is -0.708. The lowest BCUT2D eigenvalue weighted by Gasteiger charge is -2.12. The first-order chi connectivity index (χ1) is 10.8. The van der Waals surface area contributed by atoms with E-state index in [-0.39, 0.29) is 17.1 Å². The van der Waals surface area contributed by atoms with Crippen LogP contribution in [0, 0.1) is 0 Å². The third-order valence-electron chi connectivity index (χ3n) is 3.10. The zero-order chi connectivity index (χ0) is 17.0. The number of esters is 1. The minimum atomic E-state index is -3.59. The number of carbonyl (C=O) groups excluding carboxylic acids is 1. The molecular weight excluding hydrogens is 336 g/mol. The van der Waals surface area contributed by atoms with Crippen LogP contribution in [0.3, 0.4) is 0 Å². The van der Waals surface area contributed by atoms with E-state index in [0.29, 0.717) is 5.69 Å². The molecule has 0 fully saturated rings. The second-order valence-electron chi connectivity index (χ2n) is 4.98. The highest BCUT2D eigenvalue weighted by Crippen LogP contribution is 2.16. The van der Waals surface area contributed by atoms with Crippen molar-refractivity contribution >= 4 is 27.3 Å². The van der Waals surface area contributed by atoms with Gasteiger partial charge in [0.2, 0.25) is 10.0 Å². The van der Waals surface area contributed by atoms with Crippen LogP contribution in [0.25, 0.3) is 0 Å². The summed E-state index contributed by atoms with van der Waals surface area (Å²) in [6.07, 6.45) is 0.836. The fourth-order valence-electron chi connectivity index (χ4n) is 1.79. The highest BCUT2D eigenvalue weighted by Gasteiger charge is 2.19. The molecule has 0 radical (unpaired) electrons. The molecule has 0 aliphatic heterocycles. The maximum Gasteiger partial charge on any atom is 0.338 e. The highest BCUT2D eigenvalue weighted by molar-refractivity contribution is 7.89. The zero-order valence-electron chi connectivity index (χ0n) is 13.1. The van der Waals surface area contributed by atoms with Gasteiger partial charge in [0.05, 0.1) is 21.2 Å². The van der Waals surface area contributed by atoms with Crippen LogP contribution in [0.2, 0.25) is 0 Å². The molecule has 0 N–H and O–H groups in total. The Kier molecular flexibility index (Phi) is 5.51. The van der Waals surface area contributed by atoms with Crippen LogP contribution >= 0.6 is 11.3 Å². The Morgan fingerprint density at radius 1 is 1.35 bits per heavy atom. The molecule has 0 amide bonds. The van der Waals surface area contributed by atoms with Gasteiger partial charge in [-0.25, -0.2) is 22.5 Å². The van der Waals surface area contributed by atoms with E-state index in [1.165, 1.54) is 49.7 Å². The second kappa shape index (κ2) is 7.20. The van der Waals surface area contributed by atoms with Crippen LogP contribution < -0.4 is 0 Å². The molecule has 0 bridgehead atoms. The predicted octanol–water partition coefficient (Wildman–Crippen LogP) is 2.31. The molecule has 1 heterocycles. The van der Waals surface area contributed by atoms with Crippen molar-refractivity contribution in [1.29, 1.82) is 0 Å². The SMILES string of the molecule is CCc1nc(COC(=O)c2cccc(S(=O)(=O)N(C)C)c2)cs1. The summed E-state index contributed by atoms with van der Waals surface area (Å²) in [5, 5.41) is 2.83. The van der Waals surface area contributed by atoms with Crippen LogP contribution in [0.15, 0.2) is 34.5 Å². The van der Waals surface area contributed by atoms with Gasteiger partial charge in [0.25, 0.3) is 0 Å². The molecule has 0 saturated carbocycles. The molecule has 0 saturated heterocycles. The van der Waals surface area contributed by atoms with Gasteiger partial charge in [-0.15, -0.1) is 11.3 Å². The Hall–Kier alpha value is -1.77. The number of hydrogen-bond acceptors (Lipinski definition) is 6. The van der Waals surface area contributed by atoms with Crippen LogP contribution in [0.4, 0.5) is 0 Å². The zero-order valence-corrected chi connectivity index (χ0v) is 14.8. The summed E-state index contributed by atoms with van der Waals surface area (Å²) < 4.78 is 30.5. The Bertz CT molecular complexity index is 797. The van der Waals surface area contributed by atoms with Crippen molar-refractivity contribution in [2.75, 3.05) is 14.1 Å². The third kappa shape index (κ3) is 4.15. The molecule has 0 unspecified atom stereocenters. The smallest absolute Gasteiger partial charge is 0.338 e. The maximum atomic E-state index is 12.1. The fraction of sp³-hybridized carbons (Fsp3) is 0.333. The van der Waals surface area contributed by atoms with E-state index in [2.05, 4.69) is 4.98 Å². The number of nitrogens with zero attached hydrogens (tertiary/aromatic N) is 2. The van der Waals surface area contributed by atoms with Gasteiger partial charge in [-0.2, -0.15) is 0 Å². The van der Waals surface area contributed by atoms with Gasteiger partial charge >= 0.3 is 5.97 Å². The van der Waals surface area contributed by atoms with E-state index in [4.69, 9.17) is 4.74 Å². The molecule has 23 heavy (non-hydrogen) atoms. The molecule has 0 atom stereocenters. The first-order valence-electron chi connectivity index (χ1n) is 6.97. The van der Waals surface area contributed by atoms with Crippen LogP contribution in [-0.4, -0.2) is 37.8 Å². The minimum Gasteiger partial charge on any atom is -0.456 e. The van der Waals surface area contributed by atoms with E-state index in [9.17, 15) is 13.2 Å². The van der Waals surface area contributed by atoms with Crippen LogP contribution in [-0.2, 0) is 27.8 Å². The molecular formula is C15H18N2O4S2. The molecule has 6 nitrogen and oxygen atoms in total. The number of rotatable bonds is 6. The summed E-state index contributed by atoms with van der Waals surface area (Å²) in [6, 6.07) is 5.80. The molecule has 2 rings (SSSR count). The summed E-state index contributed by atoms with van der Waals surface area (Å²) in [6.45, 7) is 2.07. The lowest BCUT2D eigenvalue weighted by atomic mass is 10.2. The topological polar surface area (TPSA) is 76.6 Å². The molecule has 1 aromatic carbocycles. The standard InChI is InChI=1S/C15H18N2O4S2/c1-4-14-16-12(10-22-14)9-21-15(18)11-6-5-7-13(8-11)23(19,20)17(2)3/h5-8,10H,4,9H2,1-3H3. The van der Waals surface area contributed by atoms with Gasteiger partial charge in [0, 0.05) is 19.5 Å². The highest BCUT2D eigenvalue weighted by atomic mass is 32.2. The van der Waals surface area contributed by atoms with Crippen molar-refractivity contribution in [2.24, 2.45) is 0 Å². The largest absolute Gasteiger partial charge is 0.456 e. The first kappa shape index (κ1) is 17.6. The van der Waals surface area contributed by atoms with Gasteiger partial charge < -0.3 is 4.74 Å². The number of sulfonamides is 1. The van der Waals surface area contributed by atoms with Crippen molar-refractivity contribution in [3.05, 3.63) is 45.9 Å². The number of aryl methyl sites for hydroxylation is 1. The Labute approximate surface area is 139 Å². The average Bonchev–Trinajstić information content (AvgIpc) is 3.00. The van der Waals surface area contributed by atoms with E-state index in [1.807, 2.05) is 12.3 Å². The lowest BCUT2D eigenvalue weighted by Crippen LogP contribution is -2.22. The van der Waals surface area contributed by atoms with Gasteiger partial charge in [-0.3, -0.25) is 0 Å². The van der Waals surface area contributed by atoms with Crippen molar-refractivity contribution < 1.29 is 17.9 Å². The van der Waals surface area contributed by atoms with E-state index in [0.717, 1.165) is 15.7 Å². The lowest BCUT2D eigenvalue weighted by molar-refractivity contribution is 0.0468. The Morgan fingerprint density at radius 2 is 2.09 bits per heavy atom.